The van der Waals surface area contributed by atoms with E-state index >= 15 is 0 Å². The monoisotopic (exact) mass is 206 g/mol. The Labute approximate surface area is 88.6 Å². The Kier molecular flexibility index (Phi) is 2.06. The lowest BCUT2D eigenvalue weighted by atomic mass is 9.82. The zero-order valence-corrected chi connectivity index (χ0v) is 8.53. The van der Waals surface area contributed by atoms with Gasteiger partial charge in [-0.25, -0.2) is 0 Å². The molecule has 80 valence electrons. The first-order valence-electron chi connectivity index (χ1n) is 5.42. The Morgan fingerprint density at radius 1 is 1.33 bits per heavy atom. The Bertz CT molecular complexity index is 387. The number of aliphatic hydroxyl groups excluding tert-OH is 1. The van der Waals surface area contributed by atoms with Crippen LogP contribution in [0.3, 0.4) is 0 Å². The van der Waals surface area contributed by atoms with Crippen molar-refractivity contribution in [3.05, 3.63) is 23.3 Å². The molecule has 3 rings (SSSR count). The number of benzene rings is 1. The van der Waals surface area contributed by atoms with E-state index in [9.17, 15) is 5.11 Å². The van der Waals surface area contributed by atoms with Crippen LogP contribution in [-0.2, 0) is 6.42 Å². The summed E-state index contributed by atoms with van der Waals surface area (Å²) in [6, 6.07) is 4.03. The fraction of sp³-hybridized carbons (Fsp3) is 0.500. The lowest BCUT2D eigenvalue weighted by Gasteiger charge is -2.24. The number of ether oxygens (including phenoxy) is 2. The molecule has 0 fully saturated rings. The average Bonchev–Trinajstić information content (AvgIpc) is 2.76. The second-order valence-electron chi connectivity index (χ2n) is 4.14. The Hall–Kier alpha value is -1.22. The average molecular weight is 206 g/mol. The van der Waals surface area contributed by atoms with Crippen molar-refractivity contribution in [2.75, 3.05) is 13.4 Å². The molecule has 1 aromatic rings. The first-order valence-corrected chi connectivity index (χ1v) is 5.42. The number of hydrogen-bond acceptors (Lipinski definition) is 3. The van der Waals surface area contributed by atoms with E-state index in [1.807, 2.05) is 6.07 Å². The van der Waals surface area contributed by atoms with Crippen molar-refractivity contribution in [3.63, 3.8) is 0 Å². The van der Waals surface area contributed by atoms with Crippen molar-refractivity contribution in [1.82, 2.24) is 0 Å². The molecule has 1 aliphatic carbocycles. The van der Waals surface area contributed by atoms with Crippen molar-refractivity contribution in [3.8, 4) is 11.5 Å². The van der Waals surface area contributed by atoms with E-state index in [0.29, 0.717) is 6.79 Å². The summed E-state index contributed by atoms with van der Waals surface area (Å²) in [5, 5.41) is 9.31. The van der Waals surface area contributed by atoms with Gasteiger partial charge in [0.05, 0.1) is 0 Å². The van der Waals surface area contributed by atoms with Crippen LogP contribution in [0.1, 0.15) is 29.9 Å². The van der Waals surface area contributed by atoms with E-state index in [1.54, 1.807) is 0 Å². The summed E-state index contributed by atoms with van der Waals surface area (Å²) in [6.07, 6.45) is 3.24. The van der Waals surface area contributed by atoms with E-state index in [1.165, 1.54) is 11.1 Å². The molecule has 1 aromatic carbocycles. The molecule has 15 heavy (non-hydrogen) atoms. The third kappa shape index (κ3) is 1.30. The molecule has 1 unspecified atom stereocenters. The largest absolute Gasteiger partial charge is 0.454 e. The van der Waals surface area contributed by atoms with Gasteiger partial charge in [0.25, 0.3) is 0 Å². The fourth-order valence-electron chi connectivity index (χ4n) is 2.56. The van der Waals surface area contributed by atoms with E-state index < -0.39 is 0 Å². The molecule has 0 saturated heterocycles. The second kappa shape index (κ2) is 3.42. The predicted octanol–water partition coefficient (Wildman–Crippen LogP) is 1.83. The fourth-order valence-corrected chi connectivity index (χ4v) is 2.56. The molecule has 2 aliphatic rings. The maximum absolute atomic E-state index is 9.31. The van der Waals surface area contributed by atoms with Gasteiger partial charge in [-0.2, -0.15) is 0 Å². The SMILES string of the molecule is OCC1CCCc2c1ccc1c2OCO1. The second-order valence-corrected chi connectivity index (χ2v) is 4.14. The smallest absolute Gasteiger partial charge is 0.231 e. The predicted molar refractivity (Wildman–Crippen MR) is 55.3 cm³/mol. The summed E-state index contributed by atoms with van der Waals surface area (Å²) in [7, 11) is 0. The lowest BCUT2D eigenvalue weighted by Crippen LogP contribution is -2.13. The van der Waals surface area contributed by atoms with Crippen LogP contribution in [0.2, 0.25) is 0 Å². The molecule has 1 aliphatic heterocycles. The third-order valence-electron chi connectivity index (χ3n) is 3.32. The van der Waals surface area contributed by atoms with Crippen LogP contribution in [0.4, 0.5) is 0 Å². The first-order chi connectivity index (χ1) is 7.40. The van der Waals surface area contributed by atoms with E-state index in [0.717, 1.165) is 30.8 Å². The zero-order valence-electron chi connectivity index (χ0n) is 8.53. The van der Waals surface area contributed by atoms with Crippen molar-refractivity contribution in [2.45, 2.75) is 25.2 Å². The highest BCUT2D eigenvalue weighted by molar-refractivity contribution is 5.54. The summed E-state index contributed by atoms with van der Waals surface area (Å²) in [6.45, 7) is 0.558. The summed E-state index contributed by atoms with van der Waals surface area (Å²) < 4.78 is 10.8. The van der Waals surface area contributed by atoms with Gasteiger partial charge in [0, 0.05) is 18.1 Å². The van der Waals surface area contributed by atoms with Crippen molar-refractivity contribution >= 4 is 0 Å². The molecule has 1 N–H and O–H groups in total. The minimum Gasteiger partial charge on any atom is -0.454 e. The topological polar surface area (TPSA) is 38.7 Å². The molecular weight excluding hydrogens is 192 g/mol. The van der Waals surface area contributed by atoms with Crippen molar-refractivity contribution in [1.29, 1.82) is 0 Å². The lowest BCUT2D eigenvalue weighted by molar-refractivity contribution is 0.173. The van der Waals surface area contributed by atoms with Gasteiger partial charge < -0.3 is 14.6 Å². The summed E-state index contributed by atoms with van der Waals surface area (Å²) in [4.78, 5) is 0. The highest BCUT2D eigenvalue weighted by Gasteiger charge is 2.27. The minimum absolute atomic E-state index is 0.229. The number of fused-ring (bicyclic) bond motifs is 3. The molecule has 0 bridgehead atoms. The standard InChI is InChI=1S/C12H14O3/c13-6-8-2-1-3-10-9(8)4-5-11-12(10)15-7-14-11/h4-5,8,13H,1-3,6-7H2. The van der Waals surface area contributed by atoms with Gasteiger partial charge in [-0.3, -0.25) is 0 Å². The van der Waals surface area contributed by atoms with Gasteiger partial charge in [0.2, 0.25) is 6.79 Å². The summed E-state index contributed by atoms with van der Waals surface area (Å²) in [5.74, 6) is 2.04. The highest BCUT2D eigenvalue weighted by atomic mass is 16.7. The normalized spacial score (nSPS) is 22.6. The van der Waals surface area contributed by atoms with E-state index in [-0.39, 0.29) is 12.5 Å². The van der Waals surface area contributed by atoms with Crippen LogP contribution >= 0.6 is 0 Å². The molecule has 1 atom stereocenters. The third-order valence-corrected chi connectivity index (χ3v) is 3.32. The number of aliphatic hydroxyl groups is 1. The van der Waals surface area contributed by atoms with Gasteiger partial charge >= 0.3 is 0 Å². The van der Waals surface area contributed by atoms with E-state index in [4.69, 9.17) is 9.47 Å². The molecule has 0 saturated carbocycles. The Morgan fingerprint density at radius 3 is 3.13 bits per heavy atom. The van der Waals surface area contributed by atoms with Crippen LogP contribution in [0.15, 0.2) is 12.1 Å². The van der Waals surface area contributed by atoms with Gasteiger partial charge in [0.15, 0.2) is 11.5 Å². The quantitative estimate of drug-likeness (QED) is 0.761. The summed E-state index contributed by atoms with van der Waals surface area (Å²) in [5.41, 5.74) is 2.49. The molecule has 1 heterocycles. The molecule has 3 nitrogen and oxygen atoms in total. The molecule has 0 amide bonds. The van der Waals surface area contributed by atoms with Crippen molar-refractivity contribution in [2.24, 2.45) is 0 Å². The minimum atomic E-state index is 0.229. The van der Waals surface area contributed by atoms with Gasteiger partial charge in [-0.15, -0.1) is 0 Å². The van der Waals surface area contributed by atoms with Crippen LogP contribution in [0, 0.1) is 0 Å². The molecule has 0 radical (unpaired) electrons. The number of rotatable bonds is 1. The molecule has 0 aromatic heterocycles. The van der Waals surface area contributed by atoms with Crippen LogP contribution in [0.25, 0.3) is 0 Å². The Morgan fingerprint density at radius 2 is 2.27 bits per heavy atom. The first kappa shape index (κ1) is 9.04. The maximum Gasteiger partial charge on any atom is 0.231 e. The number of hydrogen-bond donors (Lipinski definition) is 1. The van der Waals surface area contributed by atoms with E-state index in [2.05, 4.69) is 6.07 Å². The molecule has 0 spiro atoms. The summed E-state index contributed by atoms with van der Waals surface area (Å²) >= 11 is 0. The zero-order chi connectivity index (χ0) is 10.3. The van der Waals surface area contributed by atoms with Gasteiger partial charge in [-0.1, -0.05) is 6.07 Å². The van der Waals surface area contributed by atoms with Crippen LogP contribution < -0.4 is 9.47 Å². The molecule has 3 heteroatoms. The Balaban J connectivity index is 2.11. The maximum atomic E-state index is 9.31. The van der Waals surface area contributed by atoms with Crippen molar-refractivity contribution < 1.29 is 14.6 Å². The molecular formula is C12H14O3. The highest BCUT2D eigenvalue weighted by Crippen LogP contribution is 2.43. The van der Waals surface area contributed by atoms with Gasteiger partial charge in [-0.05, 0) is 30.9 Å². The van der Waals surface area contributed by atoms with Crippen LogP contribution in [0.5, 0.6) is 11.5 Å². The van der Waals surface area contributed by atoms with Gasteiger partial charge in [0.1, 0.15) is 0 Å². The van der Waals surface area contributed by atoms with Crippen LogP contribution in [-0.4, -0.2) is 18.5 Å².